The van der Waals surface area contributed by atoms with Gasteiger partial charge in [-0.1, -0.05) is 29.8 Å². The summed E-state index contributed by atoms with van der Waals surface area (Å²) < 4.78 is 47.0. The Morgan fingerprint density at radius 3 is 2.19 bits per heavy atom. The number of amides is 1. The van der Waals surface area contributed by atoms with Crippen molar-refractivity contribution in [1.82, 2.24) is 23.2 Å². The van der Waals surface area contributed by atoms with E-state index in [0.29, 0.717) is 53.3 Å². The second kappa shape index (κ2) is 13.8. The third kappa shape index (κ3) is 6.15. The van der Waals surface area contributed by atoms with Crippen LogP contribution in [0.15, 0.2) is 70.4 Å². The lowest BCUT2D eigenvalue weighted by Gasteiger charge is -2.42. The van der Waals surface area contributed by atoms with Crippen LogP contribution in [0.25, 0.3) is 11.0 Å². The van der Waals surface area contributed by atoms with E-state index < -0.39 is 21.8 Å². The fourth-order valence-electron chi connectivity index (χ4n) is 6.85. The van der Waals surface area contributed by atoms with E-state index >= 15 is 0 Å². The van der Waals surface area contributed by atoms with Crippen molar-refractivity contribution < 1.29 is 27.4 Å². The Hall–Kier alpha value is -4.04. The van der Waals surface area contributed by atoms with E-state index in [0.717, 1.165) is 25.9 Å². The Balaban J connectivity index is 1.48. The number of likely N-dealkylation sites (tertiary alicyclic amines) is 1. The van der Waals surface area contributed by atoms with Gasteiger partial charge >= 0.3 is 5.69 Å². The summed E-state index contributed by atoms with van der Waals surface area (Å²) in [6.07, 6.45) is 2.16. The number of nitrogens with zero attached hydrogens (tertiary/aromatic N) is 5. The van der Waals surface area contributed by atoms with Crippen molar-refractivity contribution in [3.05, 3.63) is 81.7 Å². The van der Waals surface area contributed by atoms with E-state index in [1.807, 2.05) is 0 Å². The molecule has 0 spiro atoms. The molecule has 2 saturated heterocycles. The zero-order valence-corrected chi connectivity index (χ0v) is 29.0. The number of hydrogen-bond donors (Lipinski definition) is 0. The number of rotatable bonds is 9. The molecule has 6 rings (SSSR count). The highest BCUT2D eigenvalue weighted by molar-refractivity contribution is 7.90. The summed E-state index contributed by atoms with van der Waals surface area (Å²) in [7, 11) is 1.85. The number of carbonyl (C=O) groups is 1. The lowest BCUT2D eigenvalue weighted by atomic mass is 10.0. The van der Waals surface area contributed by atoms with Crippen LogP contribution in [0, 0.1) is 0 Å². The molecule has 0 radical (unpaired) electrons. The summed E-state index contributed by atoms with van der Waals surface area (Å²) >= 11 is 6.46. The van der Waals surface area contributed by atoms with Crippen molar-refractivity contribution in [2.24, 2.45) is 0 Å². The Morgan fingerprint density at radius 2 is 1.52 bits per heavy atom. The van der Waals surface area contributed by atoms with Crippen molar-refractivity contribution in [3.8, 4) is 17.2 Å². The predicted molar refractivity (Wildman–Crippen MR) is 183 cm³/mol. The van der Waals surface area contributed by atoms with Gasteiger partial charge in [0.25, 0.3) is 15.9 Å². The molecule has 256 valence electrons. The summed E-state index contributed by atoms with van der Waals surface area (Å²) in [6, 6.07) is 14.9. The SMILES string of the molecule is COc1ccc(S(=O)(=O)n2c(=O)n(C(C(=O)N3CCN(C4CCN(C)CC4)CC3)c3ccccc3OC)c3cc(Cl)ccc32)c(OC)c1. The van der Waals surface area contributed by atoms with Gasteiger partial charge in [0, 0.05) is 48.9 Å². The van der Waals surface area contributed by atoms with Gasteiger partial charge in [-0.2, -0.15) is 3.97 Å². The van der Waals surface area contributed by atoms with Gasteiger partial charge in [0.2, 0.25) is 0 Å². The molecule has 4 aromatic rings. The number of piperidine rings is 1. The molecule has 2 aliphatic rings. The number of hydrogen-bond acceptors (Lipinski definition) is 9. The van der Waals surface area contributed by atoms with Gasteiger partial charge in [-0.25, -0.2) is 13.2 Å². The minimum Gasteiger partial charge on any atom is -0.497 e. The molecule has 2 aliphatic heterocycles. The minimum atomic E-state index is -4.57. The monoisotopic (exact) mass is 697 g/mol. The second-order valence-electron chi connectivity index (χ2n) is 12.1. The molecular weight excluding hydrogens is 658 g/mol. The molecule has 0 bridgehead atoms. The third-order valence-electron chi connectivity index (χ3n) is 9.44. The summed E-state index contributed by atoms with van der Waals surface area (Å²) in [5.41, 5.74) is -0.275. The number of piperazine rings is 1. The summed E-state index contributed by atoms with van der Waals surface area (Å²) in [5, 5.41) is 0.269. The van der Waals surface area contributed by atoms with Gasteiger partial charge in [-0.3, -0.25) is 14.3 Å². The number of benzene rings is 3. The number of imidazole rings is 1. The Labute approximate surface area is 285 Å². The first kappa shape index (κ1) is 33.8. The molecule has 12 nitrogen and oxygen atoms in total. The number of methoxy groups -OCH3 is 3. The van der Waals surface area contributed by atoms with Crippen LogP contribution in [0.4, 0.5) is 0 Å². The largest absolute Gasteiger partial charge is 0.497 e. The number of fused-ring (bicyclic) bond motifs is 1. The molecule has 3 aromatic carbocycles. The van der Waals surface area contributed by atoms with Gasteiger partial charge < -0.3 is 24.0 Å². The molecule has 1 aromatic heterocycles. The minimum absolute atomic E-state index is 0.00375. The summed E-state index contributed by atoms with van der Waals surface area (Å²) in [4.78, 5) is 35.7. The van der Waals surface area contributed by atoms with Crippen molar-refractivity contribution >= 4 is 38.6 Å². The highest BCUT2D eigenvalue weighted by Gasteiger charge is 2.38. The molecule has 2 fully saturated rings. The maximum atomic E-state index is 14.7. The van der Waals surface area contributed by atoms with E-state index in [4.69, 9.17) is 25.8 Å². The summed E-state index contributed by atoms with van der Waals surface area (Å²) in [6.45, 7) is 4.42. The lowest BCUT2D eigenvalue weighted by Crippen LogP contribution is -2.55. The number of aromatic nitrogens is 2. The van der Waals surface area contributed by atoms with Gasteiger partial charge in [0.05, 0.1) is 32.4 Å². The molecule has 1 unspecified atom stereocenters. The van der Waals surface area contributed by atoms with Crippen LogP contribution in [0.2, 0.25) is 5.02 Å². The van der Waals surface area contributed by atoms with Gasteiger partial charge in [-0.05, 0) is 69.4 Å². The Bertz CT molecular complexity index is 1980. The normalized spacial score (nSPS) is 17.4. The van der Waals surface area contributed by atoms with Gasteiger partial charge in [0.15, 0.2) is 0 Å². The number of para-hydroxylation sites is 1. The Kier molecular flexibility index (Phi) is 9.75. The zero-order valence-electron chi connectivity index (χ0n) is 27.5. The van der Waals surface area contributed by atoms with Gasteiger partial charge in [-0.15, -0.1) is 0 Å². The smallest absolute Gasteiger partial charge is 0.344 e. The van der Waals surface area contributed by atoms with Crippen molar-refractivity contribution in [1.29, 1.82) is 0 Å². The molecule has 14 heteroatoms. The molecule has 48 heavy (non-hydrogen) atoms. The number of carbonyl (C=O) groups excluding carboxylic acids is 1. The van der Waals surface area contributed by atoms with E-state index in [-0.39, 0.29) is 32.6 Å². The fourth-order valence-corrected chi connectivity index (χ4v) is 8.56. The molecule has 0 N–H and O–H groups in total. The quantitative estimate of drug-likeness (QED) is 0.259. The van der Waals surface area contributed by atoms with Crippen LogP contribution in [-0.4, -0.2) is 111 Å². The van der Waals surface area contributed by atoms with E-state index in [2.05, 4.69) is 16.8 Å². The van der Waals surface area contributed by atoms with Crippen molar-refractivity contribution in [2.45, 2.75) is 29.8 Å². The van der Waals surface area contributed by atoms with Crippen molar-refractivity contribution in [3.63, 3.8) is 0 Å². The molecule has 0 saturated carbocycles. The predicted octanol–water partition coefficient (Wildman–Crippen LogP) is 3.55. The average Bonchev–Trinajstić information content (AvgIpc) is 3.39. The first-order chi connectivity index (χ1) is 23.1. The first-order valence-corrected chi connectivity index (χ1v) is 17.6. The van der Waals surface area contributed by atoms with Crippen LogP contribution >= 0.6 is 11.6 Å². The lowest BCUT2D eigenvalue weighted by molar-refractivity contribution is -0.135. The second-order valence-corrected chi connectivity index (χ2v) is 14.3. The van der Waals surface area contributed by atoms with E-state index in [9.17, 15) is 18.0 Å². The number of ether oxygens (including phenoxy) is 3. The zero-order chi connectivity index (χ0) is 34.2. The van der Waals surface area contributed by atoms with Gasteiger partial charge in [0.1, 0.15) is 28.2 Å². The maximum absolute atomic E-state index is 14.7. The average molecular weight is 698 g/mol. The maximum Gasteiger partial charge on any atom is 0.344 e. The van der Waals surface area contributed by atoms with Crippen LogP contribution < -0.4 is 19.9 Å². The van der Waals surface area contributed by atoms with Crippen LogP contribution in [-0.2, 0) is 14.8 Å². The molecule has 1 amide bonds. The molecule has 1 atom stereocenters. The van der Waals surface area contributed by atoms with Crippen molar-refractivity contribution in [2.75, 3.05) is 67.6 Å². The highest BCUT2D eigenvalue weighted by atomic mass is 35.5. The molecular formula is C34H40ClN5O7S. The van der Waals surface area contributed by atoms with Crippen LogP contribution in [0.3, 0.4) is 0 Å². The molecule has 0 aliphatic carbocycles. The van der Waals surface area contributed by atoms with E-state index in [1.54, 1.807) is 29.2 Å². The van der Waals surface area contributed by atoms with E-state index in [1.165, 1.54) is 62.3 Å². The highest BCUT2D eigenvalue weighted by Crippen LogP contribution is 2.35. The van der Waals surface area contributed by atoms with Crippen LogP contribution in [0.1, 0.15) is 24.4 Å². The fraction of sp³-hybridized carbons (Fsp3) is 0.412. The third-order valence-corrected chi connectivity index (χ3v) is 11.4. The topological polar surface area (TPSA) is 116 Å². The summed E-state index contributed by atoms with van der Waals surface area (Å²) in [5.74, 6) is 0.416. The standard InChI is InChI=1S/C34H40ClN5O7S/c1-36-15-13-24(14-16-36)37-17-19-38(20-18-37)33(41)32(26-7-5-6-8-29(26)46-3)39-28-21-23(35)9-11-27(28)40(34(39)42)48(43,44)31-12-10-25(45-2)22-30(31)47-4/h5-12,21-22,24,32H,13-20H2,1-4H3. The first-order valence-electron chi connectivity index (χ1n) is 15.8. The van der Waals surface area contributed by atoms with Crippen LogP contribution in [0.5, 0.6) is 17.2 Å². The number of halogens is 1. The Morgan fingerprint density at radius 1 is 0.833 bits per heavy atom. The molecule has 3 heterocycles.